The number of nitrogens with one attached hydrogen (secondary N) is 1. The lowest BCUT2D eigenvalue weighted by Crippen LogP contribution is -2.16. The highest BCUT2D eigenvalue weighted by molar-refractivity contribution is 7.15. The Hall–Kier alpha value is -2.70. The number of thiophene rings is 1. The zero-order valence-corrected chi connectivity index (χ0v) is 17.7. The summed E-state index contributed by atoms with van der Waals surface area (Å²) in [5.41, 5.74) is 3.64. The number of anilines is 1. The molecule has 0 aliphatic carbocycles. The van der Waals surface area contributed by atoms with Gasteiger partial charge in [0, 0.05) is 10.9 Å². The molecule has 0 unspecified atom stereocenters. The van der Waals surface area contributed by atoms with Gasteiger partial charge in [0.25, 0.3) is 5.91 Å². The quantitative estimate of drug-likeness (QED) is 0.485. The minimum Gasteiger partial charge on any atom is -0.462 e. The molecule has 1 N–H and O–H groups in total. The van der Waals surface area contributed by atoms with Crippen LogP contribution < -0.4 is 5.32 Å². The molecule has 0 saturated heterocycles. The van der Waals surface area contributed by atoms with Gasteiger partial charge in [-0.05, 0) is 49.6 Å². The van der Waals surface area contributed by atoms with Gasteiger partial charge in [0.15, 0.2) is 0 Å². The van der Waals surface area contributed by atoms with Gasteiger partial charge < -0.3 is 10.1 Å². The third-order valence-corrected chi connectivity index (χ3v) is 5.72. The summed E-state index contributed by atoms with van der Waals surface area (Å²) >= 11 is 7.16. The molecule has 1 amide bonds. The molecule has 150 valence electrons. The van der Waals surface area contributed by atoms with E-state index in [0.717, 1.165) is 22.8 Å². The lowest BCUT2D eigenvalue weighted by Gasteiger charge is -2.11. The molecule has 1 aromatic heterocycles. The van der Waals surface area contributed by atoms with E-state index in [1.807, 2.05) is 32.0 Å². The van der Waals surface area contributed by atoms with E-state index in [1.54, 1.807) is 12.3 Å². The van der Waals surface area contributed by atoms with Crippen molar-refractivity contribution >= 4 is 39.8 Å². The van der Waals surface area contributed by atoms with E-state index in [2.05, 4.69) is 5.32 Å². The highest BCUT2D eigenvalue weighted by Gasteiger charge is 2.25. The van der Waals surface area contributed by atoms with Crippen LogP contribution in [-0.2, 0) is 4.74 Å². The van der Waals surface area contributed by atoms with E-state index in [9.17, 15) is 14.0 Å². The molecule has 2 aromatic carbocycles. The fourth-order valence-corrected chi connectivity index (χ4v) is 4.06. The average Bonchev–Trinajstić information content (AvgIpc) is 3.07. The standard InChI is InChI=1S/C22H19ClFNO3S/c1-4-28-22(27)18-15(14-9-8-12(2)13(3)10-14)11-29-21(18)25-20(26)19-16(23)6-5-7-17(19)24/h5-11H,4H2,1-3H3,(H,25,26). The van der Waals surface area contributed by atoms with Crippen molar-refractivity contribution in [2.24, 2.45) is 0 Å². The Labute approximate surface area is 177 Å². The molecule has 3 rings (SSSR count). The first-order valence-electron chi connectivity index (χ1n) is 8.95. The van der Waals surface area contributed by atoms with Crippen LogP contribution in [0.5, 0.6) is 0 Å². The molecule has 3 aromatic rings. The maximum Gasteiger partial charge on any atom is 0.341 e. The number of rotatable bonds is 5. The molecule has 4 nitrogen and oxygen atoms in total. The maximum absolute atomic E-state index is 14.1. The predicted molar refractivity (Wildman–Crippen MR) is 115 cm³/mol. The summed E-state index contributed by atoms with van der Waals surface area (Å²) in [6.07, 6.45) is 0. The minimum atomic E-state index is -0.737. The zero-order valence-electron chi connectivity index (χ0n) is 16.1. The number of hydrogen-bond donors (Lipinski definition) is 1. The number of carbonyl (C=O) groups excluding carboxylic acids is 2. The summed E-state index contributed by atoms with van der Waals surface area (Å²) in [6.45, 7) is 5.88. The number of ether oxygens (including phenoxy) is 1. The Morgan fingerprint density at radius 2 is 1.90 bits per heavy atom. The fraction of sp³-hybridized carbons (Fsp3) is 0.182. The summed E-state index contributed by atoms with van der Waals surface area (Å²) in [5, 5.41) is 4.66. The van der Waals surface area contributed by atoms with Crippen molar-refractivity contribution in [3.05, 3.63) is 74.9 Å². The van der Waals surface area contributed by atoms with Gasteiger partial charge in [0.2, 0.25) is 0 Å². The highest BCUT2D eigenvalue weighted by atomic mass is 35.5. The van der Waals surface area contributed by atoms with Gasteiger partial charge in [0.05, 0.1) is 17.2 Å². The third kappa shape index (κ3) is 4.33. The summed E-state index contributed by atoms with van der Waals surface area (Å²) in [7, 11) is 0. The molecule has 0 atom stereocenters. The lowest BCUT2D eigenvalue weighted by molar-refractivity contribution is 0.0529. The van der Waals surface area contributed by atoms with Gasteiger partial charge in [-0.1, -0.05) is 35.9 Å². The second-order valence-electron chi connectivity index (χ2n) is 6.42. The van der Waals surface area contributed by atoms with Crippen molar-refractivity contribution in [2.75, 3.05) is 11.9 Å². The monoisotopic (exact) mass is 431 g/mol. The van der Waals surface area contributed by atoms with Crippen molar-refractivity contribution in [1.82, 2.24) is 0 Å². The van der Waals surface area contributed by atoms with Crippen molar-refractivity contribution in [3.8, 4) is 11.1 Å². The number of carbonyl (C=O) groups is 2. The van der Waals surface area contributed by atoms with Crippen LogP contribution in [0, 0.1) is 19.7 Å². The zero-order chi connectivity index (χ0) is 21.1. The second kappa shape index (κ2) is 8.76. The summed E-state index contributed by atoms with van der Waals surface area (Å²) in [5.74, 6) is -2.03. The van der Waals surface area contributed by atoms with Crippen LogP contribution in [0.4, 0.5) is 9.39 Å². The molecule has 29 heavy (non-hydrogen) atoms. The molecule has 1 heterocycles. The SMILES string of the molecule is CCOC(=O)c1c(-c2ccc(C)c(C)c2)csc1NC(=O)c1c(F)cccc1Cl. The van der Waals surface area contributed by atoms with Crippen LogP contribution >= 0.6 is 22.9 Å². The average molecular weight is 432 g/mol. The van der Waals surface area contributed by atoms with Crippen LogP contribution in [0.25, 0.3) is 11.1 Å². The van der Waals surface area contributed by atoms with Crippen LogP contribution in [0.2, 0.25) is 5.02 Å². The highest BCUT2D eigenvalue weighted by Crippen LogP contribution is 2.37. The van der Waals surface area contributed by atoms with E-state index in [4.69, 9.17) is 16.3 Å². The Kier molecular flexibility index (Phi) is 6.35. The fourth-order valence-electron chi connectivity index (χ4n) is 2.86. The Morgan fingerprint density at radius 3 is 2.55 bits per heavy atom. The molecular formula is C22H19ClFNO3S. The summed E-state index contributed by atoms with van der Waals surface area (Å²) < 4.78 is 19.3. The first-order valence-corrected chi connectivity index (χ1v) is 10.2. The van der Waals surface area contributed by atoms with E-state index in [1.165, 1.54) is 23.5 Å². The maximum atomic E-state index is 14.1. The largest absolute Gasteiger partial charge is 0.462 e. The normalized spacial score (nSPS) is 10.7. The number of hydrogen-bond acceptors (Lipinski definition) is 4. The van der Waals surface area contributed by atoms with Gasteiger partial charge in [-0.3, -0.25) is 4.79 Å². The number of esters is 1. The smallest absolute Gasteiger partial charge is 0.341 e. The van der Waals surface area contributed by atoms with E-state index in [-0.39, 0.29) is 27.8 Å². The number of halogens is 2. The Balaban J connectivity index is 2.05. The van der Waals surface area contributed by atoms with Crippen molar-refractivity contribution in [3.63, 3.8) is 0 Å². The van der Waals surface area contributed by atoms with Gasteiger partial charge in [-0.2, -0.15) is 0 Å². The summed E-state index contributed by atoms with van der Waals surface area (Å²) in [4.78, 5) is 25.3. The number of benzene rings is 2. The molecule has 0 aliphatic heterocycles. The topological polar surface area (TPSA) is 55.4 Å². The lowest BCUT2D eigenvalue weighted by atomic mass is 9.99. The van der Waals surface area contributed by atoms with Crippen LogP contribution in [-0.4, -0.2) is 18.5 Å². The molecule has 0 radical (unpaired) electrons. The third-order valence-electron chi connectivity index (χ3n) is 4.51. The van der Waals surface area contributed by atoms with E-state index < -0.39 is 17.7 Å². The van der Waals surface area contributed by atoms with Gasteiger partial charge in [-0.15, -0.1) is 11.3 Å². The van der Waals surface area contributed by atoms with Crippen LogP contribution in [0.15, 0.2) is 41.8 Å². The number of aryl methyl sites for hydroxylation is 2. The van der Waals surface area contributed by atoms with Crippen molar-refractivity contribution < 1.29 is 18.7 Å². The van der Waals surface area contributed by atoms with Crippen molar-refractivity contribution in [2.45, 2.75) is 20.8 Å². The Morgan fingerprint density at radius 1 is 1.14 bits per heavy atom. The first kappa shape index (κ1) is 21.0. The predicted octanol–water partition coefficient (Wildman–Crippen LogP) is 6.25. The molecule has 0 bridgehead atoms. The molecule has 0 saturated carbocycles. The minimum absolute atomic E-state index is 0.00822. The van der Waals surface area contributed by atoms with Gasteiger partial charge in [-0.25, -0.2) is 9.18 Å². The molecular weight excluding hydrogens is 413 g/mol. The second-order valence-corrected chi connectivity index (χ2v) is 7.71. The van der Waals surface area contributed by atoms with Gasteiger partial charge >= 0.3 is 5.97 Å². The van der Waals surface area contributed by atoms with Crippen molar-refractivity contribution in [1.29, 1.82) is 0 Å². The molecule has 0 aliphatic rings. The molecule has 0 spiro atoms. The number of amides is 1. The van der Waals surface area contributed by atoms with Crippen LogP contribution in [0.1, 0.15) is 38.8 Å². The van der Waals surface area contributed by atoms with E-state index in [0.29, 0.717) is 5.56 Å². The molecule has 0 fully saturated rings. The first-order chi connectivity index (χ1) is 13.8. The molecule has 7 heteroatoms. The van der Waals surface area contributed by atoms with Crippen LogP contribution in [0.3, 0.4) is 0 Å². The summed E-state index contributed by atoms with van der Waals surface area (Å²) in [6, 6.07) is 9.85. The van der Waals surface area contributed by atoms with Gasteiger partial charge in [0.1, 0.15) is 16.4 Å². The van der Waals surface area contributed by atoms with E-state index >= 15 is 0 Å². The Bertz CT molecular complexity index is 1070.